The molecule has 0 heterocycles. The van der Waals surface area contributed by atoms with Crippen molar-refractivity contribution in [3.8, 4) is 0 Å². The van der Waals surface area contributed by atoms with Gasteiger partial charge in [-0.2, -0.15) is 0 Å². The summed E-state index contributed by atoms with van der Waals surface area (Å²) < 4.78 is 0. The van der Waals surface area contributed by atoms with Crippen molar-refractivity contribution in [1.82, 2.24) is 0 Å². The third-order valence-corrected chi connectivity index (χ3v) is 2.11. The Morgan fingerprint density at radius 1 is 1.17 bits per heavy atom. The lowest BCUT2D eigenvalue weighted by molar-refractivity contribution is 0.157. The molecule has 0 bridgehead atoms. The summed E-state index contributed by atoms with van der Waals surface area (Å²) in [6, 6.07) is 0. The maximum atomic E-state index is 9.18. The van der Waals surface area contributed by atoms with Crippen molar-refractivity contribution in [3.05, 3.63) is 12.2 Å². The van der Waals surface area contributed by atoms with Crippen LogP contribution in [0.1, 0.15) is 40.5 Å². The first-order chi connectivity index (χ1) is 5.54. The van der Waals surface area contributed by atoms with Crippen molar-refractivity contribution in [2.24, 2.45) is 11.8 Å². The molecule has 1 N–H and O–H groups in total. The van der Waals surface area contributed by atoms with Crippen molar-refractivity contribution in [1.29, 1.82) is 0 Å². The van der Waals surface area contributed by atoms with Crippen LogP contribution in [0.15, 0.2) is 12.2 Å². The van der Waals surface area contributed by atoms with E-state index in [0.29, 0.717) is 0 Å². The first-order valence-corrected chi connectivity index (χ1v) is 4.88. The molecule has 0 amide bonds. The van der Waals surface area contributed by atoms with Crippen LogP contribution in [0, 0.1) is 11.8 Å². The summed E-state index contributed by atoms with van der Waals surface area (Å²) >= 11 is 0. The lowest BCUT2D eigenvalue weighted by atomic mass is 10.0. The minimum atomic E-state index is -0.222. The Kier molecular flexibility index (Phi) is 6.09. The van der Waals surface area contributed by atoms with E-state index in [2.05, 4.69) is 26.0 Å². The molecule has 0 saturated heterocycles. The van der Waals surface area contributed by atoms with Gasteiger partial charge < -0.3 is 5.11 Å². The molecule has 0 unspecified atom stereocenters. The normalized spacial score (nSPS) is 17.2. The zero-order chi connectivity index (χ0) is 9.56. The first-order valence-electron chi connectivity index (χ1n) is 4.88. The minimum Gasteiger partial charge on any atom is -0.393 e. The molecule has 0 spiro atoms. The zero-order valence-corrected chi connectivity index (χ0v) is 8.75. The van der Waals surface area contributed by atoms with Gasteiger partial charge in [0.05, 0.1) is 6.10 Å². The maximum absolute atomic E-state index is 9.18. The summed E-state index contributed by atoms with van der Waals surface area (Å²) in [6.45, 7) is 8.33. The van der Waals surface area contributed by atoms with Crippen molar-refractivity contribution < 1.29 is 5.11 Å². The lowest BCUT2D eigenvalue weighted by Crippen LogP contribution is -2.09. The van der Waals surface area contributed by atoms with Gasteiger partial charge >= 0.3 is 0 Å². The number of aliphatic hydroxyl groups is 1. The van der Waals surface area contributed by atoms with Crippen LogP contribution in [-0.2, 0) is 0 Å². The number of hydrogen-bond acceptors (Lipinski definition) is 1. The SMILES string of the molecule is CC(C)CC/C=C/[C@@H](C)[C@H](C)O. The van der Waals surface area contributed by atoms with Crippen molar-refractivity contribution >= 4 is 0 Å². The Morgan fingerprint density at radius 2 is 1.75 bits per heavy atom. The van der Waals surface area contributed by atoms with Crippen LogP contribution in [0.5, 0.6) is 0 Å². The van der Waals surface area contributed by atoms with Crippen LogP contribution in [0.3, 0.4) is 0 Å². The predicted octanol–water partition coefficient (Wildman–Crippen LogP) is 3.00. The molecule has 0 aromatic rings. The standard InChI is InChI=1S/C11H22O/c1-9(2)7-5-6-8-10(3)11(4)12/h6,8-12H,5,7H2,1-4H3/b8-6+/t10-,11+/m1/s1. The Balaban J connectivity index is 3.48. The fourth-order valence-corrected chi connectivity index (χ4v) is 0.901. The summed E-state index contributed by atoms with van der Waals surface area (Å²) in [7, 11) is 0. The van der Waals surface area contributed by atoms with Crippen LogP contribution in [0.25, 0.3) is 0 Å². The highest BCUT2D eigenvalue weighted by Crippen LogP contribution is 2.08. The highest BCUT2D eigenvalue weighted by atomic mass is 16.3. The molecule has 12 heavy (non-hydrogen) atoms. The third-order valence-electron chi connectivity index (χ3n) is 2.11. The van der Waals surface area contributed by atoms with Gasteiger partial charge in [0.25, 0.3) is 0 Å². The van der Waals surface area contributed by atoms with Gasteiger partial charge in [-0.05, 0) is 31.6 Å². The van der Waals surface area contributed by atoms with E-state index in [1.54, 1.807) is 0 Å². The number of hydrogen-bond donors (Lipinski definition) is 1. The van der Waals surface area contributed by atoms with Crippen molar-refractivity contribution in [2.45, 2.75) is 46.6 Å². The van der Waals surface area contributed by atoms with E-state index >= 15 is 0 Å². The average Bonchev–Trinajstić information content (AvgIpc) is 1.97. The Labute approximate surface area is 76.5 Å². The highest BCUT2D eigenvalue weighted by Gasteiger charge is 2.02. The largest absolute Gasteiger partial charge is 0.393 e. The van der Waals surface area contributed by atoms with Gasteiger partial charge in [0.1, 0.15) is 0 Å². The molecule has 0 aliphatic heterocycles. The van der Waals surface area contributed by atoms with Gasteiger partial charge in [-0.3, -0.25) is 0 Å². The lowest BCUT2D eigenvalue weighted by Gasteiger charge is -2.08. The highest BCUT2D eigenvalue weighted by molar-refractivity contribution is 4.88. The molecule has 0 saturated carbocycles. The second-order valence-corrected chi connectivity index (χ2v) is 4.00. The van der Waals surface area contributed by atoms with Crippen LogP contribution in [0.2, 0.25) is 0 Å². The van der Waals surface area contributed by atoms with E-state index in [1.165, 1.54) is 6.42 Å². The molecule has 1 nitrogen and oxygen atoms in total. The van der Waals surface area contributed by atoms with Gasteiger partial charge in [-0.25, -0.2) is 0 Å². The predicted molar refractivity (Wildman–Crippen MR) is 54.1 cm³/mol. The molecule has 0 fully saturated rings. The molecule has 72 valence electrons. The number of rotatable bonds is 5. The minimum absolute atomic E-state index is 0.222. The Bertz CT molecular complexity index is 125. The number of allylic oxidation sites excluding steroid dienone is 1. The van der Waals surface area contributed by atoms with Gasteiger partial charge in [-0.1, -0.05) is 32.9 Å². The molecular formula is C11H22O. The monoisotopic (exact) mass is 170 g/mol. The van der Waals surface area contributed by atoms with E-state index < -0.39 is 0 Å². The Morgan fingerprint density at radius 3 is 2.17 bits per heavy atom. The molecule has 0 rings (SSSR count). The molecule has 0 radical (unpaired) electrons. The van der Waals surface area contributed by atoms with Crippen LogP contribution < -0.4 is 0 Å². The van der Waals surface area contributed by atoms with Gasteiger partial charge in [0.2, 0.25) is 0 Å². The molecule has 1 heteroatoms. The fourth-order valence-electron chi connectivity index (χ4n) is 0.901. The second-order valence-electron chi connectivity index (χ2n) is 4.00. The van der Waals surface area contributed by atoms with E-state index in [4.69, 9.17) is 0 Å². The van der Waals surface area contributed by atoms with E-state index in [-0.39, 0.29) is 12.0 Å². The Hall–Kier alpha value is -0.300. The quantitative estimate of drug-likeness (QED) is 0.629. The molecule has 2 atom stereocenters. The van der Waals surface area contributed by atoms with Gasteiger partial charge in [0, 0.05) is 0 Å². The maximum Gasteiger partial charge on any atom is 0.0572 e. The summed E-state index contributed by atoms with van der Waals surface area (Å²) in [5, 5.41) is 9.18. The van der Waals surface area contributed by atoms with Crippen molar-refractivity contribution in [2.75, 3.05) is 0 Å². The number of aliphatic hydroxyl groups excluding tert-OH is 1. The summed E-state index contributed by atoms with van der Waals surface area (Å²) in [6.07, 6.45) is 6.43. The summed E-state index contributed by atoms with van der Waals surface area (Å²) in [5.41, 5.74) is 0. The van der Waals surface area contributed by atoms with Gasteiger partial charge in [0.15, 0.2) is 0 Å². The molecule has 0 aliphatic carbocycles. The van der Waals surface area contributed by atoms with Crippen molar-refractivity contribution in [3.63, 3.8) is 0 Å². The molecular weight excluding hydrogens is 148 g/mol. The summed E-state index contributed by atoms with van der Waals surface area (Å²) in [5.74, 6) is 1.06. The fraction of sp³-hybridized carbons (Fsp3) is 0.818. The van der Waals surface area contributed by atoms with Crippen LogP contribution in [0.4, 0.5) is 0 Å². The van der Waals surface area contributed by atoms with Crippen LogP contribution >= 0.6 is 0 Å². The molecule has 0 aliphatic rings. The van der Waals surface area contributed by atoms with E-state index in [0.717, 1.165) is 12.3 Å². The third kappa shape index (κ3) is 6.41. The first kappa shape index (κ1) is 11.7. The zero-order valence-electron chi connectivity index (χ0n) is 8.75. The van der Waals surface area contributed by atoms with E-state index in [1.807, 2.05) is 13.8 Å². The molecule has 0 aromatic carbocycles. The van der Waals surface area contributed by atoms with Gasteiger partial charge in [-0.15, -0.1) is 0 Å². The summed E-state index contributed by atoms with van der Waals surface area (Å²) in [4.78, 5) is 0. The van der Waals surface area contributed by atoms with E-state index in [9.17, 15) is 5.11 Å². The second kappa shape index (κ2) is 6.24. The topological polar surface area (TPSA) is 20.2 Å². The smallest absolute Gasteiger partial charge is 0.0572 e. The molecule has 0 aromatic heterocycles. The van der Waals surface area contributed by atoms with Crippen LogP contribution in [-0.4, -0.2) is 11.2 Å². The average molecular weight is 170 g/mol.